The number of aromatic nitrogens is 2. The van der Waals surface area contributed by atoms with Gasteiger partial charge in [0.05, 0.1) is 6.04 Å². The van der Waals surface area contributed by atoms with Crippen LogP contribution < -0.4 is 10.6 Å². The zero-order valence-corrected chi connectivity index (χ0v) is 10.2. The van der Waals surface area contributed by atoms with Crippen LogP contribution in [0.5, 0.6) is 0 Å². The van der Waals surface area contributed by atoms with E-state index in [9.17, 15) is 0 Å². The lowest BCUT2D eigenvalue weighted by Crippen LogP contribution is -2.42. The van der Waals surface area contributed by atoms with Gasteiger partial charge in [-0.1, -0.05) is 12.0 Å². The number of piperidine rings is 1. The Labute approximate surface area is 96.0 Å². The van der Waals surface area contributed by atoms with Gasteiger partial charge in [-0.05, 0) is 32.6 Å². The van der Waals surface area contributed by atoms with Crippen molar-refractivity contribution < 1.29 is 4.42 Å². The molecule has 1 aliphatic heterocycles. The van der Waals surface area contributed by atoms with Gasteiger partial charge in [0, 0.05) is 12.6 Å². The largest absolute Gasteiger partial charge is 0.406 e. The van der Waals surface area contributed by atoms with Crippen LogP contribution >= 0.6 is 0 Å². The quantitative estimate of drug-likeness (QED) is 0.828. The van der Waals surface area contributed by atoms with Gasteiger partial charge in [0.25, 0.3) is 0 Å². The summed E-state index contributed by atoms with van der Waals surface area (Å²) in [4.78, 5) is 2.19. The standard InChI is InChI=1S/C11H20N4O/c1-7-5-4-6-15(9(7)3)11-14-13-10(16-11)8(2)12/h7-9H,4-6,12H2,1-3H3. The molecule has 1 aromatic rings. The van der Waals surface area contributed by atoms with Gasteiger partial charge in [-0.25, -0.2) is 0 Å². The van der Waals surface area contributed by atoms with Crippen LogP contribution in [0.1, 0.15) is 45.5 Å². The summed E-state index contributed by atoms with van der Waals surface area (Å²) in [6.45, 7) is 7.31. The van der Waals surface area contributed by atoms with Crippen LogP contribution in [0.3, 0.4) is 0 Å². The van der Waals surface area contributed by atoms with Crippen molar-refractivity contribution in [2.75, 3.05) is 11.4 Å². The maximum atomic E-state index is 5.70. The van der Waals surface area contributed by atoms with Gasteiger partial charge in [0.1, 0.15) is 0 Å². The van der Waals surface area contributed by atoms with E-state index >= 15 is 0 Å². The van der Waals surface area contributed by atoms with E-state index in [1.54, 1.807) is 0 Å². The number of nitrogens with zero attached hydrogens (tertiary/aromatic N) is 3. The molecule has 0 aromatic carbocycles. The molecule has 0 aliphatic carbocycles. The minimum Gasteiger partial charge on any atom is -0.406 e. The molecule has 0 amide bonds. The van der Waals surface area contributed by atoms with E-state index in [0.717, 1.165) is 6.54 Å². The molecule has 1 aliphatic rings. The maximum Gasteiger partial charge on any atom is 0.318 e. The average molecular weight is 224 g/mol. The Balaban J connectivity index is 2.16. The minimum atomic E-state index is -0.196. The highest BCUT2D eigenvalue weighted by molar-refractivity contribution is 5.27. The number of nitrogens with two attached hydrogens (primary N) is 1. The second-order valence-electron chi connectivity index (χ2n) is 4.77. The molecule has 1 saturated heterocycles. The van der Waals surface area contributed by atoms with E-state index in [-0.39, 0.29) is 6.04 Å². The highest BCUT2D eigenvalue weighted by Gasteiger charge is 2.28. The molecule has 2 rings (SSSR count). The molecule has 2 N–H and O–H groups in total. The highest BCUT2D eigenvalue weighted by atomic mass is 16.4. The van der Waals surface area contributed by atoms with E-state index in [4.69, 9.17) is 10.2 Å². The van der Waals surface area contributed by atoms with Gasteiger partial charge in [-0.2, -0.15) is 0 Å². The third-order valence-electron chi connectivity index (χ3n) is 3.44. The minimum absolute atomic E-state index is 0.196. The fraction of sp³-hybridized carbons (Fsp3) is 0.818. The van der Waals surface area contributed by atoms with Gasteiger partial charge in [-0.15, -0.1) is 5.10 Å². The summed E-state index contributed by atoms with van der Waals surface area (Å²) in [7, 11) is 0. The van der Waals surface area contributed by atoms with Crippen molar-refractivity contribution in [2.24, 2.45) is 11.7 Å². The van der Waals surface area contributed by atoms with Crippen LogP contribution in [0, 0.1) is 5.92 Å². The number of anilines is 1. The van der Waals surface area contributed by atoms with Crippen LogP contribution in [0.2, 0.25) is 0 Å². The summed E-state index contributed by atoms with van der Waals surface area (Å²) >= 11 is 0. The fourth-order valence-corrected chi connectivity index (χ4v) is 2.13. The topological polar surface area (TPSA) is 68.2 Å². The Kier molecular flexibility index (Phi) is 3.14. The summed E-state index contributed by atoms with van der Waals surface area (Å²) in [5.74, 6) is 1.18. The van der Waals surface area contributed by atoms with Crippen LogP contribution in [0.15, 0.2) is 4.42 Å². The van der Waals surface area contributed by atoms with E-state index in [2.05, 4.69) is 28.9 Å². The molecule has 5 nitrogen and oxygen atoms in total. The van der Waals surface area contributed by atoms with Crippen molar-refractivity contribution in [2.45, 2.75) is 45.7 Å². The maximum absolute atomic E-state index is 5.70. The van der Waals surface area contributed by atoms with Gasteiger partial charge in [-0.3, -0.25) is 0 Å². The molecule has 0 radical (unpaired) electrons. The summed E-state index contributed by atoms with van der Waals surface area (Å²) in [5, 5.41) is 8.04. The van der Waals surface area contributed by atoms with Gasteiger partial charge in [0.15, 0.2) is 0 Å². The Morgan fingerprint density at radius 1 is 1.44 bits per heavy atom. The Bertz CT molecular complexity index is 350. The highest BCUT2D eigenvalue weighted by Crippen LogP contribution is 2.27. The first-order chi connectivity index (χ1) is 7.59. The summed E-state index contributed by atoms with van der Waals surface area (Å²) in [6, 6.07) is 0.875. The van der Waals surface area contributed by atoms with Crippen LogP contribution in [0.25, 0.3) is 0 Å². The lowest BCUT2D eigenvalue weighted by Gasteiger charge is -2.36. The third-order valence-corrected chi connectivity index (χ3v) is 3.44. The molecule has 1 fully saturated rings. The SMILES string of the molecule is CC(N)c1nnc(N2CCCC(C)C2C)o1. The van der Waals surface area contributed by atoms with Crippen molar-refractivity contribution in [1.82, 2.24) is 10.2 Å². The first-order valence-corrected chi connectivity index (χ1v) is 5.95. The van der Waals surface area contributed by atoms with E-state index in [0.29, 0.717) is 23.9 Å². The van der Waals surface area contributed by atoms with Gasteiger partial charge in [0.2, 0.25) is 5.89 Å². The summed E-state index contributed by atoms with van der Waals surface area (Å²) < 4.78 is 5.58. The molecule has 3 atom stereocenters. The van der Waals surface area contributed by atoms with Crippen molar-refractivity contribution >= 4 is 6.01 Å². The van der Waals surface area contributed by atoms with Crippen LogP contribution in [-0.4, -0.2) is 22.8 Å². The predicted octanol–water partition coefficient (Wildman–Crippen LogP) is 1.71. The Hall–Kier alpha value is -1.10. The first-order valence-electron chi connectivity index (χ1n) is 5.95. The van der Waals surface area contributed by atoms with Crippen molar-refractivity contribution in [1.29, 1.82) is 0 Å². The number of hydrogen-bond acceptors (Lipinski definition) is 5. The van der Waals surface area contributed by atoms with Crippen molar-refractivity contribution in [3.05, 3.63) is 5.89 Å². The van der Waals surface area contributed by atoms with E-state index in [1.165, 1.54) is 12.8 Å². The molecule has 16 heavy (non-hydrogen) atoms. The second kappa shape index (κ2) is 4.41. The summed E-state index contributed by atoms with van der Waals surface area (Å²) in [5.41, 5.74) is 5.70. The zero-order valence-electron chi connectivity index (χ0n) is 10.2. The van der Waals surface area contributed by atoms with Gasteiger partial charge >= 0.3 is 6.01 Å². The first kappa shape index (κ1) is 11.4. The molecule has 0 saturated carbocycles. The number of hydrogen-bond donors (Lipinski definition) is 1. The van der Waals surface area contributed by atoms with Gasteiger partial charge < -0.3 is 15.1 Å². The van der Waals surface area contributed by atoms with Crippen LogP contribution in [0.4, 0.5) is 6.01 Å². The molecule has 5 heteroatoms. The van der Waals surface area contributed by atoms with Crippen LogP contribution in [-0.2, 0) is 0 Å². The molecule has 90 valence electrons. The smallest absolute Gasteiger partial charge is 0.318 e. The molecular formula is C11H20N4O. The second-order valence-corrected chi connectivity index (χ2v) is 4.77. The molecule has 0 spiro atoms. The molecule has 2 heterocycles. The lowest BCUT2D eigenvalue weighted by atomic mass is 9.92. The summed E-state index contributed by atoms with van der Waals surface area (Å²) in [6.07, 6.45) is 2.45. The zero-order chi connectivity index (χ0) is 11.7. The molecule has 1 aromatic heterocycles. The molecule has 0 bridgehead atoms. The third kappa shape index (κ3) is 2.04. The van der Waals surface area contributed by atoms with E-state index in [1.807, 2.05) is 6.92 Å². The Morgan fingerprint density at radius 3 is 2.81 bits per heavy atom. The normalized spacial score (nSPS) is 28.1. The molecule has 3 unspecified atom stereocenters. The van der Waals surface area contributed by atoms with Crippen molar-refractivity contribution in [3.8, 4) is 0 Å². The fourth-order valence-electron chi connectivity index (χ4n) is 2.13. The monoisotopic (exact) mass is 224 g/mol. The van der Waals surface area contributed by atoms with E-state index < -0.39 is 0 Å². The molecular weight excluding hydrogens is 204 g/mol. The average Bonchev–Trinajstić information content (AvgIpc) is 2.71. The van der Waals surface area contributed by atoms with Crippen molar-refractivity contribution in [3.63, 3.8) is 0 Å². The Morgan fingerprint density at radius 2 is 2.19 bits per heavy atom. The number of rotatable bonds is 2. The predicted molar refractivity (Wildman–Crippen MR) is 62.1 cm³/mol. The lowest BCUT2D eigenvalue weighted by molar-refractivity contribution is 0.337.